The number of rotatable bonds is 2. The Morgan fingerprint density at radius 3 is 2.60 bits per heavy atom. The molecule has 0 heterocycles. The summed E-state index contributed by atoms with van der Waals surface area (Å²) in [5.41, 5.74) is -0.704. The van der Waals surface area contributed by atoms with Crippen molar-refractivity contribution in [1.82, 2.24) is 0 Å². The van der Waals surface area contributed by atoms with Crippen LogP contribution in [0.15, 0.2) is 0 Å². The molecule has 0 bridgehead atoms. The molecule has 1 aliphatic rings. The summed E-state index contributed by atoms with van der Waals surface area (Å²) in [4.78, 5) is 11.6. The van der Waals surface area contributed by atoms with Crippen LogP contribution in [0.25, 0.3) is 0 Å². The number of aliphatic hydroxyl groups is 1. The second-order valence-electron chi connectivity index (χ2n) is 5.28. The van der Waals surface area contributed by atoms with Crippen LogP contribution < -0.4 is 0 Å². The summed E-state index contributed by atoms with van der Waals surface area (Å²) in [7, 11) is 1.42. The zero-order valence-corrected chi connectivity index (χ0v) is 10.1. The van der Waals surface area contributed by atoms with Crippen molar-refractivity contribution in [2.75, 3.05) is 7.11 Å². The van der Waals surface area contributed by atoms with Crippen LogP contribution >= 0.6 is 0 Å². The minimum absolute atomic E-state index is 0.140. The van der Waals surface area contributed by atoms with Gasteiger partial charge in [0.2, 0.25) is 0 Å². The molecule has 1 rings (SSSR count). The van der Waals surface area contributed by atoms with Gasteiger partial charge in [-0.15, -0.1) is 0 Å². The lowest BCUT2D eigenvalue weighted by Crippen LogP contribution is -2.42. The molecule has 0 saturated heterocycles. The lowest BCUT2D eigenvalue weighted by molar-refractivity contribution is -0.154. The fraction of sp³-hybridized carbons (Fsp3) is 0.917. The molecule has 1 saturated carbocycles. The predicted molar refractivity (Wildman–Crippen MR) is 58.3 cm³/mol. The Hall–Kier alpha value is -0.570. The van der Waals surface area contributed by atoms with Crippen LogP contribution in [0.1, 0.15) is 40.0 Å². The monoisotopic (exact) mass is 214 g/mol. The molecular formula is C12H22O3. The molecule has 1 fully saturated rings. The van der Waals surface area contributed by atoms with Gasteiger partial charge in [0, 0.05) is 0 Å². The van der Waals surface area contributed by atoms with Crippen molar-refractivity contribution in [2.24, 2.45) is 17.8 Å². The lowest BCUT2D eigenvalue weighted by atomic mass is 9.68. The summed E-state index contributed by atoms with van der Waals surface area (Å²) in [5.74, 6) is 0.496. The van der Waals surface area contributed by atoms with Gasteiger partial charge in [-0.3, -0.25) is 4.79 Å². The zero-order chi connectivity index (χ0) is 11.6. The van der Waals surface area contributed by atoms with Crippen LogP contribution in [0.4, 0.5) is 0 Å². The molecule has 0 aromatic carbocycles. The van der Waals surface area contributed by atoms with E-state index in [1.165, 1.54) is 7.11 Å². The summed E-state index contributed by atoms with van der Waals surface area (Å²) < 4.78 is 4.81. The first-order valence-electron chi connectivity index (χ1n) is 5.67. The van der Waals surface area contributed by atoms with Crippen LogP contribution in [0.3, 0.4) is 0 Å². The highest BCUT2D eigenvalue weighted by atomic mass is 16.5. The van der Waals surface area contributed by atoms with E-state index in [9.17, 15) is 9.90 Å². The molecule has 1 N–H and O–H groups in total. The molecule has 1 aliphatic carbocycles. The van der Waals surface area contributed by atoms with E-state index in [-0.39, 0.29) is 11.9 Å². The molecule has 0 spiro atoms. The molecule has 0 amide bonds. The number of carbonyl (C=O) groups excluding carboxylic acids is 1. The van der Waals surface area contributed by atoms with Crippen molar-refractivity contribution >= 4 is 5.97 Å². The number of hydrogen-bond donors (Lipinski definition) is 1. The van der Waals surface area contributed by atoms with Crippen LogP contribution in [0.2, 0.25) is 0 Å². The molecule has 0 aromatic rings. The maximum atomic E-state index is 11.6. The van der Waals surface area contributed by atoms with Crippen molar-refractivity contribution in [2.45, 2.75) is 45.6 Å². The Bertz CT molecular complexity index is 233. The Morgan fingerprint density at radius 2 is 2.13 bits per heavy atom. The number of ether oxygens (including phenoxy) is 1. The van der Waals surface area contributed by atoms with E-state index in [0.717, 1.165) is 12.8 Å². The highest BCUT2D eigenvalue weighted by Crippen LogP contribution is 2.40. The fourth-order valence-corrected chi connectivity index (χ4v) is 2.61. The molecule has 15 heavy (non-hydrogen) atoms. The second kappa shape index (κ2) is 4.52. The van der Waals surface area contributed by atoms with Gasteiger partial charge in [0.05, 0.1) is 18.6 Å². The normalized spacial score (nSPS) is 36.7. The molecular weight excluding hydrogens is 192 g/mol. The van der Waals surface area contributed by atoms with E-state index in [4.69, 9.17) is 4.74 Å². The van der Waals surface area contributed by atoms with E-state index in [2.05, 4.69) is 13.8 Å². The first-order chi connectivity index (χ1) is 6.87. The number of methoxy groups -OCH3 is 1. The van der Waals surface area contributed by atoms with Gasteiger partial charge in [-0.1, -0.05) is 13.8 Å². The van der Waals surface area contributed by atoms with Gasteiger partial charge < -0.3 is 9.84 Å². The van der Waals surface area contributed by atoms with E-state index >= 15 is 0 Å². The molecule has 88 valence electrons. The number of esters is 1. The largest absolute Gasteiger partial charge is 0.469 e. The third-order valence-corrected chi connectivity index (χ3v) is 3.55. The Balaban J connectivity index is 2.78. The smallest absolute Gasteiger partial charge is 0.309 e. The van der Waals surface area contributed by atoms with Gasteiger partial charge in [0.1, 0.15) is 0 Å². The average molecular weight is 214 g/mol. The highest BCUT2D eigenvalue weighted by molar-refractivity contribution is 5.73. The van der Waals surface area contributed by atoms with E-state index in [1.807, 2.05) is 0 Å². The second-order valence-corrected chi connectivity index (χ2v) is 5.28. The highest BCUT2D eigenvalue weighted by Gasteiger charge is 2.41. The predicted octanol–water partition coefficient (Wildman–Crippen LogP) is 1.98. The van der Waals surface area contributed by atoms with Crippen molar-refractivity contribution in [1.29, 1.82) is 0 Å². The van der Waals surface area contributed by atoms with Gasteiger partial charge in [-0.2, -0.15) is 0 Å². The molecule has 0 aromatic heterocycles. The quantitative estimate of drug-likeness (QED) is 0.715. The van der Waals surface area contributed by atoms with Crippen molar-refractivity contribution < 1.29 is 14.6 Å². The summed E-state index contributed by atoms with van der Waals surface area (Å²) in [6.07, 6.45) is 2.22. The van der Waals surface area contributed by atoms with E-state index < -0.39 is 5.60 Å². The van der Waals surface area contributed by atoms with Gasteiger partial charge >= 0.3 is 5.97 Å². The summed E-state index contributed by atoms with van der Waals surface area (Å²) in [6.45, 7) is 6.06. The third-order valence-electron chi connectivity index (χ3n) is 3.55. The SMILES string of the molecule is COC(=O)C1CC(C)(O)CCC1C(C)C. The Kier molecular flexibility index (Phi) is 3.77. The van der Waals surface area contributed by atoms with Crippen LogP contribution in [0, 0.1) is 17.8 Å². The summed E-state index contributed by atoms with van der Waals surface area (Å²) in [6, 6.07) is 0. The minimum Gasteiger partial charge on any atom is -0.469 e. The average Bonchev–Trinajstić information content (AvgIpc) is 2.14. The fourth-order valence-electron chi connectivity index (χ4n) is 2.61. The number of carbonyl (C=O) groups is 1. The molecule has 3 heteroatoms. The topological polar surface area (TPSA) is 46.5 Å². The molecule has 0 radical (unpaired) electrons. The zero-order valence-electron chi connectivity index (χ0n) is 10.1. The first-order valence-corrected chi connectivity index (χ1v) is 5.67. The van der Waals surface area contributed by atoms with Crippen molar-refractivity contribution in [3.8, 4) is 0 Å². The number of hydrogen-bond acceptors (Lipinski definition) is 3. The van der Waals surface area contributed by atoms with Crippen molar-refractivity contribution in [3.05, 3.63) is 0 Å². The van der Waals surface area contributed by atoms with Gasteiger partial charge in [-0.05, 0) is 38.0 Å². The Labute approximate surface area is 91.8 Å². The van der Waals surface area contributed by atoms with Crippen LogP contribution in [-0.2, 0) is 9.53 Å². The maximum absolute atomic E-state index is 11.6. The van der Waals surface area contributed by atoms with E-state index in [0.29, 0.717) is 18.3 Å². The summed E-state index contributed by atoms with van der Waals surface area (Å²) >= 11 is 0. The molecule has 3 atom stereocenters. The van der Waals surface area contributed by atoms with E-state index in [1.54, 1.807) is 6.92 Å². The first kappa shape index (κ1) is 12.5. The third kappa shape index (κ3) is 2.94. The molecule has 3 unspecified atom stereocenters. The van der Waals surface area contributed by atoms with Crippen LogP contribution in [-0.4, -0.2) is 23.8 Å². The van der Waals surface area contributed by atoms with Crippen LogP contribution in [0.5, 0.6) is 0 Å². The molecule has 0 aliphatic heterocycles. The maximum Gasteiger partial charge on any atom is 0.309 e. The van der Waals surface area contributed by atoms with Gasteiger partial charge in [0.25, 0.3) is 0 Å². The van der Waals surface area contributed by atoms with Gasteiger partial charge in [-0.25, -0.2) is 0 Å². The van der Waals surface area contributed by atoms with Crippen molar-refractivity contribution in [3.63, 3.8) is 0 Å². The standard InChI is InChI=1S/C12H22O3/c1-8(2)9-5-6-12(3,14)7-10(9)11(13)15-4/h8-10,14H,5-7H2,1-4H3. The van der Waals surface area contributed by atoms with Gasteiger partial charge in [0.15, 0.2) is 0 Å². The minimum atomic E-state index is -0.704. The lowest BCUT2D eigenvalue weighted by Gasteiger charge is -2.40. The molecule has 3 nitrogen and oxygen atoms in total. The Morgan fingerprint density at radius 1 is 1.53 bits per heavy atom. The summed E-state index contributed by atoms with van der Waals surface area (Å²) in [5, 5.41) is 9.98.